The molecule has 1 amide bonds. The molecule has 0 aromatic heterocycles. The van der Waals surface area contributed by atoms with E-state index in [1.807, 2.05) is 6.92 Å². The van der Waals surface area contributed by atoms with E-state index in [0.29, 0.717) is 17.4 Å². The first-order valence-corrected chi connectivity index (χ1v) is 11.7. The minimum Gasteiger partial charge on any atom is -0.349 e. The molecule has 1 fully saturated rings. The SMILES string of the molecule is Cc1ccc(S(=O)(=O)NCc2ccc(C(=O)NC3CCCC(C)C3C)cc2)cc1. The van der Waals surface area contributed by atoms with Crippen LogP contribution >= 0.6 is 0 Å². The van der Waals surface area contributed by atoms with Gasteiger partial charge in [-0.2, -0.15) is 0 Å². The van der Waals surface area contributed by atoms with Gasteiger partial charge >= 0.3 is 0 Å². The van der Waals surface area contributed by atoms with Crippen molar-refractivity contribution in [2.75, 3.05) is 0 Å². The lowest BCUT2D eigenvalue weighted by atomic mass is 9.78. The van der Waals surface area contributed by atoms with E-state index in [1.54, 1.807) is 48.5 Å². The maximum Gasteiger partial charge on any atom is 0.251 e. The fourth-order valence-electron chi connectivity index (χ4n) is 3.79. The molecule has 1 saturated carbocycles. The molecule has 0 heterocycles. The zero-order valence-electron chi connectivity index (χ0n) is 17.3. The predicted octanol–water partition coefficient (Wildman–Crippen LogP) is 4.03. The molecule has 6 heteroatoms. The second-order valence-electron chi connectivity index (χ2n) is 8.18. The first-order chi connectivity index (χ1) is 13.8. The first kappa shape index (κ1) is 21.5. The normalized spacial score (nSPS) is 22.2. The number of hydrogen-bond acceptors (Lipinski definition) is 3. The number of hydrogen-bond donors (Lipinski definition) is 2. The van der Waals surface area contributed by atoms with Gasteiger partial charge in [-0.15, -0.1) is 0 Å². The Labute approximate surface area is 174 Å². The third kappa shape index (κ3) is 5.46. The molecule has 0 bridgehead atoms. The van der Waals surface area contributed by atoms with E-state index < -0.39 is 10.0 Å². The van der Waals surface area contributed by atoms with Gasteiger partial charge in [0.1, 0.15) is 0 Å². The van der Waals surface area contributed by atoms with Crippen LogP contribution in [-0.2, 0) is 16.6 Å². The van der Waals surface area contributed by atoms with Gasteiger partial charge in [-0.05, 0) is 55.0 Å². The number of aryl methyl sites for hydroxylation is 1. The second-order valence-corrected chi connectivity index (χ2v) is 9.95. The summed E-state index contributed by atoms with van der Waals surface area (Å²) in [6.45, 7) is 6.54. The molecule has 0 spiro atoms. The Bertz CT molecular complexity index is 937. The smallest absolute Gasteiger partial charge is 0.251 e. The van der Waals surface area contributed by atoms with E-state index in [9.17, 15) is 13.2 Å². The van der Waals surface area contributed by atoms with Gasteiger partial charge in [0.15, 0.2) is 0 Å². The average molecular weight is 415 g/mol. The molecule has 1 aliphatic carbocycles. The summed E-state index contributed by atoms with van der Waals surface area (Å²) in [4.78, 5) is 12.8. The monoisotopic (exact) mass is 414 g/mol. The van der Waals surface area contributed by atoms with E-state index in [2.05, 4.69) is 23.9 Å². The van der Waals surface area contributed by atoms with Crippen LogP contribution in [0.4, 0.5) is 0 Å². The summed E-state index contributed by atoms with van der Waals surface area (Å²) < 4.78 is 27.4. The van der Waals surface area contributed by atoms with Crippen LogP contribution in [0, 0.1) is 18.8 Å². The van der Waals surface area contributed by atoms with Crippen molar-refractivity contribution >= 4 is 15.9 Å². The van der Waals surface area contributed by atoms with Crippen molar-refractivity contribution in [1.82, 2.24) is 10.0 Å². The summed E-state index contributed by atoms with van der Waals surface area (Å²) in [5.74, 6) is 1.03. The zero-order chi connectivity index (χ0) is 21.0. The number of carbonyl (C=O) groups is 1. The Morgan fingerprint density at radius 3 is 2.31 bits per heavy atom. The van der Waals surface area contributed by atoms with Crippen molar-refractivity contribution in [3.8, 4) is 0 Å². The van der Waals surface area contributed by atoms with Crippen molar-refractivity contribution in [3.63, 3.8) is 0 Å². The molecule has 2 N–H and O–H groups in total. The van der Waals surface area contributed by atoms with Crippen molar-refractivity contribution in [1.29, 1.82) is 0 Å². The van der Waals surface area contributed by atoms with Crippen LogP contribution in [0.15, 0.2) is 53.4 Å². The molecule has 1 aliphatic rings. The number of sulfonamides is 1. The molecule has 0 aliphatic heterocycles. The van der Waals surface area contributed by atoms with Crippen LogP contribution in [0.2, 0.25) is 0 Å². The summed E-state index contributed by atoms with van der Waals surface area (Å²) in [5.41, 5.74) is 2.41. The lowest BCUT2D eigenvalue weighted by molar-refractivity contribution is 0.0891. The Kier molecular flexibility index (Phi) is 6.75. The van der Waals surface area contributed by atoms with Gasteiger partial charge in [0, 0.05) is 18.2 Å². The fraction of sp³-hybridized carbons (Fsp3) is 0.435. The van der Waals surface area contributed by atoms with Crippen LogP contribution < -0.4 is 10.0 Å². The summed E-state index contributed by atoms with van der Waals surface area (Å²) >= 11 is 0. The van der Waals surface area contributed by atoms with Gasteiger partial charge in [-0.1, -0.05) is 56.5 Å². The molecule has 156 valence electrons. The molecular formula is C23H30N2O3S. The largest absolute Gasteiger partial charge is 0.349 e. The molecule has 2 aromatic carbocycles. The summed E-state index contributed by atoms with van der Waals surface area (Å²) in [5, 5.41) is 3.17. The van der Waals surface area contributed by atoms with Gasteiger partial charge in [-0.3, -0.25) is 4.79 Å². The number of rotatable bonds is 6. The highest BCUT2D eigenvalue weighted by Crippen LogP contribution is 2.29. The molecule has 3 atom stereocenters. The quantitative estimate of drug-likeness (QED) is 0.749. The van der Waals surface area contributed by atoms with Crippen molar-refractivity contribution in [2.45, 2.75) is 57.5 Å². The summed E-state index contributed by atoms with van der Waals surface area (Å²) in [6.07, 6.45) is 3.40. The number of carbonyl (C=O) groups excluding carboxylic acids is 1. The average Bonchev–Trinajstić information content (AvgIpc) is 2.70. The number of benzene rings is 2. The minimum atomic E-state index is -3.56. The standard InChI is InChI=1S/C23H30N2O3S/c1-16-7-13-21(14-8-16)29(27,28)24-15-19-9-11-20(12-10-19)23(26)25-22-6-4-5-17(2)18(22)3/h7-14,17-18,22,24H,4-6,15H2,1-3H3,(H,25,26). The highest BCUT2D eigenvalue weighted by Gasteiger charge is 2.28. The minimum absolute atomic E-state index is 0.0669. The zero-order valence-corrected chi connectivity index (χ0v) is 18.1. The van der Waals surface area contributed by atoms with Gasteiger partial charge in [0.05, 0.1) is 4.90 Å². The Balaban J connectivity index is 1.58. The maximum absolute atomic E-state index is 12.6. The van der Waals surface area contributed by atoms with Crippen molar-refractivity contribution < 1.29 is 13.2 Å². The molecule has 0 saturated heterocycles. The number of amides is 1. The van der Waals surface area contributed by atoms with Gasteiger partial charge in [-0.25, -0.2) is 13.1 Å². The Hall–Kier alpha value is -2.18. The van der Waals surface area contributed by atoms with Crippen LogP contribution in [0.25, 0.3) is 0 Å². The lowest BCUT2D eigenvalue weighted by Crippen LogP contribution is -2.43. The third-order valence-electron chi connectivity index (χ3n) is 6.04. The van der Waals surface area contributed by atoms with Crippen LogP contribution in [-0.4, -0.2) is 20.4 Å². The molecule has 0 radical (unpaired) electrons. The molecule has 29 heavy (non-hydrogen) atoms. The highest BCUT2D eigenvalue weighted by atomic mass is 32.2. The van der Waals surface area contributed by atoms with E-state index in [1.165, 1.54) is 6.42 Å². The molecular weight excluding hydrogens is 384 g/mol. The highest BCUT2D eigenvalue weighted by molar-refractivity contribution is 7.89. The van der Waals surface area contributed by atoms with Gasteiger partial charge in [0.25, 0.3) is 5.91 Å². The summed E-state index contributed by atoms with van der Waals surface area (Å²) in [6, 6.07) is 14.0. The predicted molar refractivity (Wildman–Crippen MR) is 115 cm³/mol. The van der Waals surface area contributed by atoms with Gasteiger partial charge < -0.3 is 5.32 Å². The first-order valence-electron chi connectivity index (χ1n) is 10.2. The molecule has 3 unspecified atom stereocenters. The molecule has 3 rings (SSSR count). The van der Waals surface area contributed by atoms with E-state index in [0.717, 1.165) is 24.0 Å². The van der Waals surface area contributed by atoms with Crippen LogP contribution in [0.5, 0.6) is 0 Å². The van der Waals surface area contributed by atoms with E-state index in [4.69, 9.17) is 0 Å². The van der Waals surface area contributed by atoms with Crippen molar-refractivity contribution in [2.24, 2.45) is 11.8 Å². The van der Waals surface area contributed by atoms with Crippen molar-refractivity contribution in [3.05, 3.63) is 65.2 Å². The van der Waals surface area contributed by atoms with Crippen LogP contribution in [0.3, 0.4) is 0 Å². The lowest BCUT2D eigenvalue weighted by Gasteiger charge is -2.34. The second kappa shape index (κ2) is 9.09. The molecule has 2 aromatic rings. The third-order valence-corrected chi connectivity index (χ3v) is 7.45. The van der Waals surface area contributed by atoms with E-state index in [-0.39, 0.29) is 23.4 Å². The Morgan fingerprint density at radius 1 is 1.00 bits per heavy atom. The van der Waals surface area contributed by atoms with E-state index >= 15 is 0 Å². The summed E-state index contributed by atoms with van der Waals surface area (Å²) in [7, 11) is -3.56. The van der Waals surface area contributed by atoms with Gasteiger partial charge in [0.2, 0.25) is 10.0 Å². The topological polar surface area (TPSA) is 75.3 Å². The molecule has 5 nitrogen and oxygen atoms in total. The van der Waals surface area contributed by atoms with Crippen LogP contribution in [0.1, 0.15) is 54.6 Å². The fourth-order valence-corrected chi connectivity index (χ4v) is 4.81. The number of nitrogens with one attached hydrogen (secondary N) is 2. The Morgan fingerprint density at radius 2 is 1.66 bits per heavy atom. The maximum atomic E-state index is 12.6.